The molecule has 1 aliphatic rings. The number of imidazole rings is 1. The number of aromatic nitrogens is 5. The molecule has 118 valence electrons. The van der Waals surface area contributed by atoms with E-state index in [0.29, 0.717) is 0 Å². The summed E-state index contributed by atoms with van der Waals surface area (Å²) in [5.74, 6) is 1.19. The zero-order chi connectivity index (χ0) is 16.4. The summed E-state index contributed by atoms with van der Waals surface area (Å²) < 4.78 is 6.83. The predicted molar refractivity (Wildman–Crippen MR) is 94.6 cm³/mol. The van der Waals surface area contributed by atoms with Crippen LogP contribution in [0.15, 0.2) is 73.4 Å². The summed E-state index contributed by atoms with van der Waals surface area (Å²) in [6.45, 7) is 0.788. The fourth-order valence-corrected chi connectivity index (χ4v) is 3.95. The highest BCUT2D eigenvalue weighted by Crippen LogP contribution is 2.34. The molecule has 0 radical (unpaired) electrons. The van der Waals surface area contributed by atoms with E-state index in [1.165, 1.54) is 22.4 Å². The van der Waals surface area contributed by atoms with Gasteiger partial charge in [0.15, 0.2) is 5.52 Å². The van der Waals surface area contributed by atoms with Gasteiger partial charge in [-0.15, -0.1) is 0 Å². The van der Waals surface area contributed by atoms with Crippen molar-refractivity contribution >= 4 is 16.6 Å². The molecule has 5 nitrogen and oxygen atoms in total. The van der Waals surface area contributed by atoms with Gasteiger partial charge in [-0.05, 0) is 24.3 Å². The Morgan fingerprint density at radius 1 is 0.960 bits per heavy atom. The van der Waals surface area contributed by atoms with E-state index in [1.807, 2.05) is 36.9 Å². The first-order valence-electron chi connectivity index (χ1n) is 8.30. The van der Waals surface area contributed by atoms with Crippen molar-refractivity contribution in [3.63, 3.8) is 0 Å². The molecule has 0 unspecified atom stereocenters. The molecule has 25 heavy (non-hydrogen) atoms. The fourth-order valence-electron chi connectivity index (χ4n) is 3.95. The van der Waals surface area contributed by atoms with Gasteiger partial charge >= 0.3 is 0 Å². The van der Waals surface area contributed by atoms with Crippen molar-refractivity contribution in [1.82, 2.24) is 18.9 Å². The van der Waals surface area contributed by atoms with Crippen LogP contribution in [0.25, 0.3) is 33.6 Å². The predicted octanol–water partition coefficient (Wildman–Crippen LogP) is 2.99. The molecule has 1 aromatic carbocycles. The number of pyridine rings is 1. The van der Waals surface area contributed by atoms with E-state index in [2.05, 4.69) is 60.0 Å². The zero-order valence-electron chi connectivity index (χ0n) is 13.4. The second kappa shape index (κ2) is 4.54. The molecule has 5 heteroatoms. The summed E-state index contributed by atoms with van der Waals surface area (Å²) in [6, 6.07) is 14.7. The Morgan fingerprint density at radius 2 is 1.88 bits per heavy atom. The van der Waals surface area contributed by atoms with E-state index >= 15 is 0 Å². The van der Waals surface area contributed by atoms with Crippen molar-refractivity contribution < 1.29 is 4.57 Å². The fraction of sp³-hybridized carbons (Fsp3) is 0.0500. The van der Waals surface area contributed by atoms with Gasteiger partial charge in [-0.1, -0.05) is 18.2 Å². The standard InChI is InChI=1S/C20H14N5/c1-2-5-14(6-3-1)25-18-13-23-10-9-21-11-17(23)19(18)24-12-16-15(20(24)25)7-4-8-22-16/h1-11,13H,12H2/q+1. The highest BCUT2D eigenvalue weighted by atomic mass is 15.2. The molecule has 6 rings (SSSR count). The highest BCUT2D eigenvalue weighted by molar-refractivity contribution is 5.92. The van der Waals surface area contributed by atoms with Gasteiger partial charge in [-0.25, -0.2) is 4.57 Å². The maximum absolute atomic E-state index is 4.60. The molecule has 0 aliphatic carbocycles. The van der Waals surface area contributed by atoms with Crippen molar-refractivity contribution in [2.75, 3.05) is 0 Å². The molecule has 0 bridgehead atoms. The number of para-hydroxylation sites is 1. The number of rotatable bonds is 1. The van der Waals surface area contributed by atoms with Crippen LogP contribution in [0.2, 0.25) is 0 Å². The van der Waals surface area contributed by atoms with E-state index in [9.17, 15) is 0 Å². The van der Waals surface area contributed by atoms with Gasteiger partial charge in [0.25, 0.3) is 5.82 Å². The lowest BCUT2D eigenvalue weighted by Gasteiger charge is -2.01. The summed E-state index contributed by atoms with van der Waals surface area (Å²) in [7, 11) is 0. The molecule has 5 heterocycles. The summed E-state index contributed by atoms with van der Waals surface area (Å²) >= 11 is 0. The lowest BCUT2D eigenvalue weighted by Crippen LogP contribution is -2.31. The summed E-state index contributed by atoms with van der Waals surface area (Å²) in [6.07, 6.45) is 9.80. The van der Waals surface area contributed by atoms with Gasteiger partial charge in [-0.2, -0.15) is 4.57 Å². The first-order valence-corrected chi connectivity index (χ1v) is 8.30. The highest BCUT2D eigenvalue weighted by Gasteiger charge is 2.37. The molecule has 1 aliphatic heterocycles. The Balaban J connectivity index is 1.83. The molecule has 0 fully saturated rings. The van der Waals surface area contributed by atoms with Crippen LogP contribution < -0.4 is 4.57 Å². The van der Waals surface area contributed by atoms with Gasteiger partial charge in [0, 0.05) is 18.6 Å². The molecule has 0 atom stereocenters. The number of nitrogens with zero attached hydrogens (tertiary/aromatic N) is 5. The lowest BCUT2D eigenvalue weighted by atomic mass is 10.2. The van der Waals surface area contributed by atoms with Crippen LogP contribution >= 0.6 is 0 Å². The quantitative estimate of drug-likeness (QED) is 0.436. The van der Waals surface area contributed by atoms with Gasteiger partial charge < -0.3 is 4.40 Å². The van der Waals surface area contributed by atoms with Crippen LogP contribution in [0, 0.1) is 0 Å². The second-order valence-corrected chi connectivity index (χ2v) is 6.31. The van der Waals surface area contributed by atoms with Gasteiger partial charge in [0.2, 0.25) is 5.52 Å². The molecule has 0 amide bonds. The molecule has 0 saturated carbocycles. The topological polar surface area (TPSA) is 39.0 Å². The Morgan fingerprint density at radius 3 is 2.80 bits per heavy atom. The van der Waals surface area contributed by atoms with E-state index in [0.717, 1.165) is 23.4 Å². The lowest BCUT2D eigenvalue weighted by molar-refractivity contribution is -0.645. The first-order chi connectivity index (χ1) is 12.4. The third-order valence-electron chi connectivity index (χ3n) is 4.97. The van der Waals surface area contributed by atoms with Crippen molar-refractivity contribution in [2.24, 2.45) is 0 Å². The van der Waals surface area contributed by atoms with Crippen LogP contribution in [-0.4, -0.2) is 18.9 Å². The first kappa shape index (κ1) is 12.9. The van der Waals surface area contributed by atoms with Crippen molar-refractivity contribution in [3.05, 3.63) is 79.1 Å². The smallest absolute Gasteiger partial charge is 0.297 e. The average molecular weight is 324 g/mol. The average Bonchev–Trinajstić information content (AvgIpc) is 3.29. The maximum Gasteiger partial charge on any atom is 0.297 e. The van der Waals surface area contributed by atoms with Crippen LogP contribution in [0.1, 0.15) is 5.69 Å². The Hall–Kier alpha value is -3.47. The van der Waals surface area contributed by atoms with E-state index < -0.39 is 0 Å². The molecular formula is C20H14N5+. The minimum absolute atomic E-state index is 0.788. The zero-order valence-corrected chi connectivity index (χ0v) is 13.4. The molecule has 0 saturated heterocycles. The maximum atomic E-state index is 4.60. The van der Waals surface area contributed by atoms with Gasteiger partial charge in [0.05, 0.1) is 23.7 Å². The van der Waals surface area contributed by atoms with Crippen molar-refractivity contribution in [3.8, 4) is 17.1 Å². The third kappa shape index (κ3) is 1.59. The Labute approximate surface area is 143 Å². The Kier molecular flexibility index (Phi) is 2.34. The molecule has 5 aromatic rings. The minimum atomic E-state index is 0.788. The van der Waals surface area contributed by atoms with E-state index in [4.69, 9.17) is 0 Å². The summed E-state index contributed by atoms with van der Waals surface area (Å²) in [5, 5.41) is 0. The van der Waals surface area contributed by atoms with Gasteiger partial charge in [0.1, 0.15) is 17.7 Å². The number of fused-ring (bicyclic) bond motifs is 7. The van der Waals surface area contributed by atoms with Crippen LogP contribution in [-0.2, 0) is 6.54 Å². The number of hydrogen-bond donors (Lipinski definition) is 0. The molecule has 0 N–H and O–H groups in total. The third-order valence-corrected chi connectivity index (χ3v) is 4.97. The van der Waals surface area contributed by atoms with Crippen molar-refractivity contribution in [1.29, 1.82) is 0 Å². The van der Waals surface area contributed by atoms with Crippen molar-refractivity contribution in [2.45, 2.75) is 6.54 Å². The largest absolute Gasteiger partial charge is 0.313 e. The van der Waals surface area contributed by atoms with Gasteiger partial charge in [-0.3, -0.25) is 9.97 Å². The van der Waals surface area contributed by atoms with Crippen LogP contribution in [0.5, 0.6) is 0 Å². The van der Waals surface area contributed by atoms with Crippen LogP contribution in [0.3, 0.4) is 0 Å². The van der Waals surface area contributed by atoms with E-state index in [-0.39, 0.29) is 0 Å². The minimum Gasteiger partial charge on any atom is -0.313 e. The molecule has 0 spiro atoms. The normalized spacial score (nSPS) is 12.6. The number of hydrogen-bond acceptors (Lipinski definition) is 2. The summed E-state index contributed by atoms with van der Waals surface area (Å²) in [5.41, 5.74) is 6.97. The summed E-state index contributed by atoms with van der Waals surface area (Å²) in [4.78, 5) is 8.93. The molecular weight excluding hydrogens is 310 g/mol. The monoisotopic (exact) mass is 324 g/mol. The molecule has 4 aromatic heterocycles. The number of benzene rings is 1. The second-order valence-electron chi connectivity index (χ2n) is 6.31. The van der Waals surface area contributed by atoms with Crippen LogP contribution in [0.4, 0.5) is 0 Å². The Bertz CT molecular complexity index is 1260. The SMILES string of the molecule is c1ccc(-n2c3[n+](c4c2cn2ccncc42)Cc2ncccc2-3)cc1. The van der Waals surface area contributed by atoms with E-state index in [1.54, 1.807) is 0 Å².